The molecule has 2 aromatic carbocycles. The van der Waals surface area contributed by atoms with Gasteiger partial charge >= 0.3 is 0 Å². The lowest BCUT2D eigenvalue weighted by Gasteiger charge is -2.27. The van der Waals surface area contributed by atoms with Crippen LogP contribution in [0.3, 0.4) is 0 Å². The van der Waals surface area contributed by atoms with Crippen molar-refractivity contribution in [2.24, 2.45) is 0 Å². The van der Waals surface area contributed by atoms with Crippen LogP contribution in [0.15, 0.2) is 54.6 Å². The number of Topliss-reactive ketones (excluding diaryl/α,β-unsaturated/α-hetero) is 1. The van der Waals surface area contributed by atoms with Gasteiger partial charge in [-0.15, -0.1) is 0 Å². The van der Waals surface area contributed by atoms with Gasteiger partial charge in [0.2, 0.25) is 0 Å². The minimum Gasteiger partial charge on any atom is -0.482 e. The van der Waals surface area contributed by atoms with E-state index in [4.69, 9.17) is 4.74 Å². The van der Waals surface area contributed by atoms with Gasteiger partial charge in [0.25, 0.3) is 0 Å². The lowest BCUT2D eigenvalue weighted by Crippen LogP contribution is -2.26. The average Bonchev–Trinajstić information content (AvgIpc) is 2.51. The first-order chi connectivity index (χ1) is 10.2. The van der Waals surface area contributed by atoms with Crippen molar-refractivity contribution in [2.75, 3.05) is 0 Å². The number of hydrogen-bond acceptors (Lipinski definition) is 3. The van der Waals surface area contributed by atoms with E-state index in [0.29, 0.717) is 11.3 Å². The Balaban J connectivity index is 1.89. The van der Waals surface area contributed by atoms with E-state index < -0.39 is 12.2 Å². The van der Waals surface area contributed by atoms with Crippen molar-refractivity contribution in [3.05, 3.63) is 71.3 Å². The van der Waals surface area contributed by atoms with Crippen LogP contribution in [0.25, 0.3) is 6.08 Å². The van der Waals surface area contributed by atoms with Crippen LogP contribution in [0.4, 0.5) is 0 Å². The monoisotopic (exact) mass is 280 g/mol. The first kappa shape index (κ1) is 13.6. The number of carbonyl (C=O) groups is 1. The fraction of sp³-hybridized carbons (Fsp3) is 0.167. The maximum atomic E-state index is 11.6. The molecule has 106 valence electrons. The second-order valence-corrected chi connectivity index (χ2v) is 5.07. The number of para-hydroxylation sites is 1. The number of rotatable bonds is 3. The zero-order valence-electron chi connectivity index (χ0n) is 11.7. The van der Waals surface area contributed by atoms with Crippen LogP contribution in [0, 0.1) is 0 Å². The zero-order valence-corrected chi connectivity index (χ0v) is 11.7. The molecule has 0 amide bonds. The van der Waals surface area contributed by atoms with E-state index >= 15 is 0 Å². The van der Waals surface area contributed by atoms with Crippen LogP contribution in [-0.2, 0) is 0 Å². The lowest BCUT2D eigenvalue weighted by atomic mass is 9.93. The molecule has 1 aliphatic rings. The summed E-state index contributed by atoms with van der Waals surface area (Å²) in [7, 11) is 0. The largest absolute Gasteiger partial charge is 0.482 e. The number of hydrogen-bond donors (Lipinski definition) is 1. The number of carbonyl (C=O) groups excluding carboxylic acids is 1. The van der Waals surface area contributed by atoms with E-state index in [1.54, 1.807) is 18.2 Å². The number of aliphatic hydroxyl groups excluding tert-OH is 1. The molecular formula is C18H16O3. The van der Waals surface area contributed by atoms with Crippen LogP contribution < -0.4 is 4.74 Å². The third-order valence-corrected chi connectivity index (χ3v) is 3.62. The van der Waals surface area contributed by atoms with Crippen LogP contribution in [0.2, 0.25) is 0 Å². The molecule has 2 atom stereocenters. The highest BCUT2D eigenvalue weighted by atomic mass is 16.5. The maximum Gasteiger partial charge on any atom is 0.163 e. The molecule has 3 nitrogen and oxygen atoms in total. The molecule has 21 heavy (non-hydrogen) atoms. The number of aliphatic hydroxyl groups is 1. The molecule has 0 bridgehead atoms. The summed E-state index contributed by atoms with van der Waals surface area (Å²) >= 11 is 0. The Morgan fingerprint density at radius 2 is 1.81 bits per heavy atom. The molecule has 2 aromatic rings. The van der Waals surface area contributed by atoms with Crippen molar-refractivity contribution < 1.29 is 14.6 Å². The first-order valence-corrected chi connectivity index (χ1v) is 6.88. The van der Waals surface area contributed by atoms with E-state index in [2.05, 4.69) is 0 Å². The lowest BCUT2D eigenvalue weighted by molar-refractivity contribution is 0.0613. The molecule has 0 radical (unpaired) electrons. The summed E-state index contributed by atoms with van der Waals surface area (Å²) in [5, 5.41) is 10.5. The molecule has 3 rings (SSSR count). The van der Waals surface area contributed by atoms with Gasteiger partial charge in [0.05, 0.1) is 5.56 Å². The second-order valence-electron chi connectivity index (χ2n) is 5.07. The summed E-state index contributed by atoms with van der Waals surface area (Å²) in [6, 6.07) is 14.7. The van der Waals surface area contributed by atoms with Gasteiger partial charge in [-0.3, -0.25) is 4.79 Å². The van der Waals surface area contributed by atoms with Crippen LogP contribution >= 0.6 is 0 Å². The number of benzene rings is 2. The maximum absolute atomic E-state index is 11.6. The Labute approximate surface area is 123 Å². The minimum atomic E-state index is -0.744. The van der Waals surface area contributed by atoms with Gasteiger partial charge in [0.15, 0.2) is 5.78 Å². The predicted octanol–water partition coefficient (Wildman–Crippen LogP) is 3.40. The van der Waals surface area contributed by atoms with Crippen molar-refractivity contribution >= 4 is 11.9 Å². The van der Waals surface area contributed by atoms with Gasteiger partial charge in [0, 0.05) is 0 Å². The third-order valence-electron chi connectivity index (χ3n) is 3.62. The molecule has 0 unspecified atom stereocenters. The molecule has 0 aliphatic heterocycles. The smallest absolute Gasteiger partial charge is 0.163 e. The van der Waals surface area contributed by atoms with Crippen molar-refractivity contribution in [1.29, 1.82) is 0 Å². The van der Waals surface area contributed by atoms with E-state index in [1.807, 2.05) is 42.5 Å². The van der Waals surface area contributed by atoms with Crippen LogP contribution in [-0.4, -0.2) is 17.0 Å². The minimum absolute atomic E-state index is 0.0553. The highest BCUT2D eigenvalue weighted by molar-refractivity contribution is 5.96. The van der Waals surface area contributed by atoms with Gasteiger partial charge in [-0.2, -0.15) is 0 Å². The molecule has 0 saturated carbocycles. The standard InChI is InChI=1S/C18H16O3/c1-12(19)14-7-4-5-9-16(14)21-17-11-10-13-6-2-3-8-15(13)18(17)20/h2-11,17-18,20H,1H3/t17-,18-/m1/s1. The highest BCUT2D eigenvalue weighted by Gasteiger charge is 2.26. The molecule has 1 aliphatic carbocycles. The van der Waals surface area contributed by atoms with Crippen molar-refractivity contribution in [2.45, 2.75) is 19.1 Å². The van der Waals surface area contributed by atoms with Crippen molar-refractivity contribution in [1.82, 2.24) is 0 Å². The molecular weight excluding hydrogens is 264 g/mol. The quantitative estimate of drug-likeness (QED) is 0.877. The van der Waals surface area contributed by atoms with Crippen molar-refractivity contribution in [3.63, 3.8) is 0 Å². The van der Waals surface area contributed by atoms with Crippen LogP contribution in [0.1, 0.15) is 34.5 Å². The Bertz CT molecular complexity index is 703. The Morgan fingerprint density at radius 1 is 1.10 bits per heavy atom. The average molecular weight is 280 g/mol. The highest BCUT2D eigenvalue weighted by Crippen LogP contribution is 2.31. The van der Waals surface area contributed by atoms with Gasteiger partial charge in [0.1, 0.15) is 18.0 Å². The van der Waals surface area contributed by atoms with E-state index in [0.717, 1.165) is 11.1 Å². The summed E-state index contributed by atoms with van der Waals surface area (Å²) in [5.74, 6) is 0.443. The molecule has 1 N–H and O–H groups in total. The SMILES string of the molecule is CC(=O)c1ccccc1O[C@@H]1C=Cc2ccccc2[C@H]1O. The topological polar surface area (TPSA) is 46.5 Å². The summed E-state index contributed by atoms with van der Waals surface area (Å²) in [6.45, 7) is 1.50. The van der Waals surface area contributed by atoms with Gasteiger partial charge < -0.3 is 9.84 Å². The van der Waals surface area contributed by atoms with Gasteiger partial charge in [-0.25, -0.2) is 0 Å². The zero-order chi connectivity index (χ0) is 14.8. The third kappa shape index (κ3) is 2.60. The number of fused-ring (bicyclic) bond motifs is 1. The molecule has 0 saturated heterocycles. The summed E-state index contributed by atoms with van der Waals surface area (Å²) in [4.78, 5) is 11.6. The summed E-state index contributed by atoms with van der Waals surface area (Å²) < 4.78 is 5.86. The Kier molecular flexibility index (Phi) is 3.59. The molecule has 0 heterocycles. The van der Waals surface area contributed by atoms with Gasteiger partial charge in [-0.05, 0) is 36.3 Å². The molecule has 3 heteroatoms. The van der Waals surface area contributed by atoms with E-state index in [1.165, 1.54) is 6.92 Å². The van der Waals surface area contributed by atoms with Crippen molar-refractivity contribution in [3.8, 4) is 5.75 Å². The number of ketones is 1. The van der Waals surface area contributed by atoms with E-state index in [9.17, 15) is 9.90 Å². The first-order valence-electron chi connectivity index (χ1n) is 6.88. The van der Waals surface area contributed by atoms with E-state index in [-0.39, 0.29) is 5.78 Å². The summed E-state index contributed by atoms with van der Waals surface area (Å²) in [6.07, 6.45) is 2.51. The van der Waals surface area contributed by atoms with Gasteiger partial charge in [-0.1, -0.05) is 42.5 Å². The Morgan fingerprint density at radius 3 is 2.62 bits per heavy atom. The fourth-order valence-electron chi connectivity index (χ4n) is 2.52. The second kappa shape index (κ2) is 5.54. The normalized spacial score (nSPS) is 19.9. The predicted molar refractivity (Wildman–Crippen MR) is 81.3 cm³/mol. The summed E-state index contributed by atoms with van der Waals surface area (Å²) in [5.41, 5.74) is 2.35. The molecule has 0 aromatic heterocycles. The Hall–Kier alpha value is -2.39. The number of ether oxygens (including phenoxy) is 1. The molecule has 0 fully saturated rings. The molecule has 0 spiro atoms. The van der Waals surface area contributed by atoms with Crippen LogP contribution in [0.5, 0.6) is 5.75 Å². The fourth-order valence-corrected chi connectivity index (χ4v) is 2.52.